The van der Waals surface area contributed by atoms with E-state index in [9.17, 15) is 23.1 Å². The number of hydrogen-bond donors (Lipinski definition) is 3. The molecule has 0 aromatic heterocycles. The number of halogens is 3. The van der Waals surface area contributed by atoms with E-state index in [1.807, 2.05) is 0 Å². The minimum Gasteiger partial charge on any atom is -0.388 e. The van der Waals surface area contributed by atoms with E-state index in [-0.39, 0.29) is 12.2 Å². The molecule has 116 valence electrons. The van der Waals surface area contributed by atoms with E-state index in [2.05, 4.69) is 10.6 Å². The largest absolute Gasteiger partial charge is 0.388 e. The molecule has 0 spiro atoms. The van der Waals surface area contributed by atoms with Crippen molar-refractivity contribution in [3.05, 3.63) is 29.6 Å². The van der Waals surface area contributed by atoms with Crippen molar-refractivity contribution in [2.75, 3.05) is 25.1 Å². The Morgan fingerprint density at radius 1 is 1.24 bits per heavy atom. The van der Waals surface area contributed by atoms with Crippen molar-refractivity contribution in [3.8, 4) is 0 Å². The summed E-state index contributed by atoms with van der Waals surface area (Å²) < 4.78 is 43.8. The standard InChI is InChI=1S/C13H15F3N2O3/c14-9-5-8(6-10(15)11(9)16)18-12(19)17-7-13(20)1-3-21-4-2-13/h5-6,20H,1-4,7H2,(H2,17,18,19). The minimum atomic E-state index is -1.60. The Morgan fingerprint density at radius 3 is 2.38 bits per heavy atom. The van der Waals surface area contributed by atoms with E-state index in [0.717, 1.165) is 0 Å². The van der Waals surface area contributed by atoms with Gasteiger partial charge in [-0.05, 0) is 0 Å². The van der Waals surface area contributed by atoms with Crippen LogP contribution < -0.4 is 10.6 Å². The number of hydrogen-bond acceptors (Lipinski definition) is 3. The van der Waals surface area contributed by atoms with Gasteiger partial charge >= 0.3 is 6.03 Å². The van der Waals surface area contributed by atoms with Crippen LogP contribution in [0.5, 0.6) is 0 Å². The first kappa shape index (κ1) is 15.6. The molecule has 8 heteroatoms. The van der Waals surface area contributed by atoms with Crippen molar-refractivity contribution in [3.63, 3.8) is 0 Å². The van der Waals surface area contributed by atoms with Crippen LogP contribution in [0.15, 0.2) is 12.1 Å². The third-order valence-electron chi connectivity index (χ3n) is 3.24. The van der Waals surface area contributed by atoms with E-state index in [1.54, 1.807) is 0 Å². The van der Waals surface area contributed by atoms with Crippen LogP contribution in [0.4, 0.5) is 23.7 Å². The smallest absolute Gasteiger partial charge is 0.319 e. The number of amides is 2. The maximum Gasteiger partial charge on any atom is 0.319 e. The van der Waals surface area contributed by atoms with E-state index < -0.39 is 29.1 Å². The average molecular weight is 304 g/mol. The van der Waals surface area contributed by atoms with Gasteiger partial charge in [-0.1, -0.05) is 0 Å². The second kappa shape index (κ2) is 6.31. The van der Waals surface area contributed by atoms with Gasteiger partial charge in [-0.3, -0.25) is 0 Å². The normalized spacial score (nSPS) is 17.3. The molecule has 0 atom stereocenters. The Balaban J connectivity index is 1.90. The van der Waals surface area contributed by atoms with Crippen molar-refractivity contribution in [1.29, 1.82) is 0 Å². The van der Waals surface area contributed by atoms with Gasteiger partial charge < -0.3 is 20.5 Å². The van der Waals surface area contributed by atoms with Crippen molar-refractivity contribution >= 4 is 11.7 Å². The van der Waals surface area contributed by atoms with Gasteiger partial charge in [-0.25, -0.2) is 18.0 Å². The lowest BCUT2D eigenvalue weighted by molar-refractivity contribution is -0.0598. The summed E-state index contributed by atoms with van der Waals surface area (Å²) in [6, 6.07) is 0.586. The van der Waals surface area contributed by atoms with Gasteiger partial charge in [0.25, 0.3) is 0 Å². The van der Waals surface area contributed by atoms with Crippen molar-refractivity contribution in [2.24, 2.45) is 0 Å². The van der Waals surface area contributed by atoms with Gasteiger partial charge in [0, 0.05) is 50.4 Å². The van der Waals surface area contributed by atoms with Crippen LogP contribution in [-0.4, -0.2) is 36.5 Å². The molecule has 0 radical (unpaired) electrons. The summed E-state index contributed by atoms with van der Waals surface area (Å²) >= 11 is 0. The highest BCUT2D eigenvalue weighted by Crippen LogP contribution is 2.20. The number of benzene rings is 1. The summed E-state index contributed by atoms with van der Waals surface area (Å²) in [4.78, 5) is 11.6. The Hall–Kier alpha value is -1.80. The number of urea groups is 1. The SMILES string of the molecule is O=C(NCC1(O)CCOCC1)Nc1cc(F)c(F)c(F)c1. The fraction of sp³-hybridized carbons (Fsp3) is 0.462. The van der Waals surface area contributed by atoms with Gasteiger partial charge in [0.2, 0.25) is 0 Å². The molecule has 2 rings (SSSR count). The van der Waals surface area contributed by atoms with E-state index in [1.165, 1.54) is 0 Å². The number of nitrogens with one attached hydrogen (secondary N) is 2. The number of ether oxygens (including phenoxy) is 1. The predicted octanol–water partition coefficient (Wildman–Crippen LogP) is 1.77. The number of carbonyl (C=O) groups excluding carboxylic acids is 1. The summed E-state index contributed by atoms with van der Waals surface area (Å²) in [5.74, 6) is -4.39. The summed E-state index contributed by atoms with van der Waals surface area (Å²) in [5.41, 5.74) is -1.28. The Morgan fingerprint density at radius 2 is 1.81 bits per heavy atom. The third-order valence-corrected chi connectivity index (χ3v) is 3.24. The molecule has 0 unspecified atom stereocenters. The monoisotopic (exact) mass is 304 g/mol. The molecule has 0 aliphatic carbocycles. The second-order valence-electron chi connectivity index (χ2n) is 4.90. The highest BCUT2D eigenvalue weighted by molar-refractivity contribution is 5.89. The molecular formula is C13H15F3N2O3. The summed E-state index contributed by atoms with van der Waals surface area (Å²) in [6.45, 7) is 0.775. The molecule has 1 heterocycles. The molecular weight excluding hydrogens is 289 g/mol. The molecule has 0 saturated carbocycles. The average Bonchev–Trinajstić information content (AvgIpc) is 2.43. The number of anilines is 1. The zero-order valence-electron chi connectivity index (χ0n) is 11.1. The van der Waals surface area contributed by atoms with E-state index in [4.69, 9.17) is 4.74 Å². The number of aliphatic hydroxyl groups is 1. The molecule has 1 saturated heterocycles. The lowest BCUT2D eigenvalue weighted by atomic mass is 9.94. The van der Waals surface area contributed by atoms with Crippen LogP contribution in [-0.2, 0) is 4.74 Å². The van der Waals surface area contributed by atoms with Crippen LogP contribution in [0.2, 0.25) is 0 Å². The van der Waals surface area contributed by atoms with Gasteiger partial charge in [-0.2, -0.15) is 0 Å². The minimum absolute atomic E-state index is 0.0195. The molecule has 1 fully saturated rings. The van der Waals surface area contributed by atoms with E-state index >= 15 is 0 Å². The molecule has 0 bridgehead atoms. The molecule has 3 N–H and O–H groups in total. The second-order valence-corrected chi connectivity index (χ2v) is 4.90. The first-order valence-corrected chi connectivity index (χ1v) is 6.39. The van der Waals surface area contributed by atoms with Crippen molar-refractivity contribution < 1.29 is 27.8 Å². The summed E-state index contributed by atoms with van der Waals surface area (Å²) in [7, 11) is 0. The lowest BCUT2D eigenvalue weighted by Gasteiger charge is -2.32. The van der Waals surface area contributed by atoms with Crippen LogP contribution >= 0.6 is 0 Å². The Bertz CT molecular complexity index is 510. The lowest BCUT2D eigenvalue weighted by Crippen LogP contribution is -2.47. The summed E-state index contributed by atoms with van der Waals surface area (Å²) in [5, 5.41) is 14.7. The fourth-order valence-electron chi connectivity index (χ4n) is 1.98. The van der Waals surface area contributed by atoms with Gasteiger partial charge in [0.15, 0.2) is 17.5 Å². The molecule has 1 aliphatic heterocycles. The first-order chi connectivity index (χ1) is 9.89. The molecule has 2 amide bonds. The predicted molar refractivity (Wildman–Crippen MR) is 68.3 cm³/mol. The highest BCUT2D eigenvalue weighted by atomic mass is 19.2. The summed E-state index contributed by atoms with van der Waals surface area (Å²) in [6.07, 6.45) is 0.764. The quantitative estimate of drug-likeness (QED) is 0.745. The Labute approximate surface area is 119 Å². The van der Waals surface area contributed by atoms with Crippen LogP contribution in [0.1, 0.15) is 12.8 Å². The highest BCUT2D eigenvalue weighted by Gasteiger charge is 2.30. The van der Waals surface area contributed by atoms with Crippen LogP contribution in [0.3, 0.4) is 0 Å². The fourth-order valence-corrected chi connectivity index (χ4v) is 1.98. The van der Waals surface area contributed by atoms with Gasteiger partial charge in [0.05, 0.1) is 5.60 Å². The number of rotatable bonds is 3. The molecule has 1 aliphatic rings. The van der Waals surface area contributed by atoms with Crippen LogP contribution in [0, 0.1) is 17.5 Å². The molecule has 5 nitrogen and oxygen atoms in total. The third kappa shape index (κ3) is 4.08. The van der Waals surface area contributed by atoms with Crippen LogP contribution in [0.25, 0.3) is 0 Å². The maximum atomic E-state index is 13.0. The van der Waals surface area contributed by atoms with Crippen molar-refractivity contribution in [2.45, 2.75) is 18.4 Å². The zero-order chi connectivity index (χ0) is 15.5. The van der Waals surface area contributed by atoms with Crippen molar-refractivity contribution in [1.82, 2.24) is 5.32 Å². The maximum absolute atomic E-state index is 13.0. The van der Waals surface area contributed by atoms with Gasteiger partial charge in [-0.15, -0.1) is 0 Å². The molecule has 1 aromatic carbocycles. The zero-order valence-corrected chi connectivity index (χ0v) is 11.1. The topological polar surface area (TPSA) is 70.6 Å². The molecule has 21 heavy (non-hydrogen) atoms. The number of carbonyl (C=O) groups is 1. The van der Waals surface area contributed by atoms with E-state index in [0.29, 0.717) is 38.2 Å². The first-order valence-electron chi connectivity index (χ1n) is 6.39. The Kier molecular flexibility index (Phi) is 4.69. The van der Waals surface area contributed by atoms with Gasteiger partial charge in [0.1, 0.15) is 0 Å². The molecule has 1 aromatic rings.